The van der Waals surface area contributed by atoms with Crippen molar-refractivity contribution in [3.05, 3.63) is 58.6 Å². The third-order valence-corrected chi connectivity index (χ3v) is 5.55. The van der Waals surface area contributed by atoms with Gasteiger partial charge in [0.2, 0.25) is 11.8 Å². The highest BCUT2D eigenvalue weighted by atomic mass is 35.5. The van der Waals surface area contributed by atoms with E-state index in [9.17, 15) is 9.59 Å². The van der Waals surface area contributed by atoms with Crippen molar-refractivity contribution in [3.8, 4) is 11.5 Å². The van der Waals surface area contributed by atoms with Crippen molar-refractivity contribution < 1.29 is 19.1 Å². The van der Waals surface area contributed by atoms with Crippen LogP contribution < -0.4 is 14.8 Å². The summed E-state index contributed by atoms with van der Waals surface area (Å²) in [5.74, 6) is 1.01. The maximum absolute atomic E-state index is 13.2. The Morgan fingerprint density at radius 3 is 2.47 bits per heavy atom. The van der Waals surface area contributed by atoms with Crippen molar-refractivity contribution in [2.24, 2.45) is 0 Å². The molecule has 0 heterocycles. The first kappa shape index (κ1) is 25.5. The fraction of sp³-hybridized carbons (Fsp3) is 0.440. The highest BCUT2D eigenvalue weighted by molar-refractivity contribution is 6.30. The average Bonchev–Trinajstić information content (AvgIpc) is 2.80. The number of unbranched alkanes of at least 4 members (excludes halogenated alkanes) is 1. The Labute approximate surface area is 195 Å². The lowest BCUT2D eigenvalue weighted by Gasteiger charge is -2.29. The molecule has 2 rings (SSSR count). The van der Waals surface area contributed by atoms with Gasteiger partial charge in [0.1, 0.15) is 6.04 Å². The number of halogens is 1. The molecule has 174 valence electrons. The van der Waals surface area contributed by atoms with Crippen molar-refractivity contribution in [2.75, 3.05) is 20.8 Å². The lowest BCUT2D eigenvalue weighted by atomic mass is 10.1. The summed E-state index contributed by atoms with van der Waals surface area (Å²) in [6, 6.07) is 12.4. The van der Waals surface area contributed by atoms with Crippen molar-refractivity contribution in [1.29, 1.82) is 0 Å². The maximum atomic E-state index is 13.2. The third kappa shape index (κ3) is 7.45. The third-order valence-electron chi connectivity index (χ3n) is 5.31. The normalized spacial score (nSPS) is 11.5. The molecule has 1 atom stereocenters. The molecule has 0 aliphatic heterocycles. The molecule has 0 aliphatic rings. The topological polar surface area (TPSA) is 67.9 Å². The molecule has 2 aromatic rings. The molecule has 0 saturated carbocycles. The van der Waals surface area contributed by atoms with Gasteiger partial charge >= 0.3 is 0 Å². The predicted molar refractivity (Wildman–Crippen MR) is 127 cm³/mol. The molecule has 1 N–H and O–H groups in total. The Kier molecular flexibility index (Phi) is 10.3. The summed E-state index contributed by atoms with van der Waals surface area (Å²) in [6.45, 7) is 4.75. The quantitative estimate of drug-likeness (QED) is 0.469. The van der Waals surface area contributed by atoms with E-state index in [0.717, 1.165) is 24.0 Å². The first-order chi connectivity index (χ1) is 15.4. The number of methoxy groups -OCH3 is 2. The first-order valence-corrected chi connectivity index (χ1v) is 11.3. The molecule has 0 spiro atoms. The monoisotopic (exact) mass is 460 g/mol. The van der Waals surface area contributed by atoms with Gasteiger partial charge in [-0.1, -0.05) is 43.1 Å². The summed E-state index contributed by atoms with van der Waals surface area (Å²) in [5.41, 5.74) is 1.84. The molecule has 6 nitrogen and oxygen atoms in total. The van der Waals surface area contributed by atoms with Gasteiger partial charge in [0.25, 0.3) is 0 Å². The minimum atomic E-state index is -0.594. The zero-order chi connectivity index (χ0) is 23.5. The summed E-state index contributed by atoms with van der Waals surface area (Å²) >= 11 is 6.12. The van der Waals surface area contributed by atoms with Crippen molar-refractivity contribution in [1.82, 2.24) is 10.2 Å². The van der Waals surface area contributed by atoms with Crippen LogP contribution in [0.4, 0.5) is 0 Å². The number of carbonyl (C=O) groups excluding carboxylic acids is 2. The van der Waals surface area contributed by atoms with Crippen LogP contribution in [0.25, 0.3) is 0 Å². The number of hydrogen-bond donors (Lipinski definition) is 1. The van der Waals surface area contributed by atoms with E-state index in [4.69, 9.17) is 21.1 Å². The second-order valence-corrected chi connectivity index (χ2v) is 8.10. The van der Waals surface area contributed by atoms with Gasteiger partial charge in [-0.15, -0.1) is 0 Å². The molecule has 0 aliphatic carbocycles. The molecule has 2 amide bonds. The Bertz CT molecular complexity index is 903. The Balaban J connectivity index is 2.14. The summed E-state index contributed by atoms with van der Waals surface area (Å²) in [7, 11) is 3.17. The maximum Gasteiger partial charge on any atom is 0.242 e. The summed E-state index contributed by atoms with van der Waals surface area (Å²) in [4.78, 5) is 27.5. The fourth-order valence-electron chi connectivity index (χ4n) is 3.38. The standard InChI is InChI=1S/C25H33ClN2O4/c1-5-6-14-27-25(30)18(2)28(17-20-8-7-9-21(26)15-20)24(29)13-11-19-10-12-22(31-3)23(16-19)32-4/h7-10,12,15-16,18H,5-6,11,13-14,17H2,1-4H3,(H,27,30). The molecule has 0 radical (unpaired) electrons. The van der Waals surface area contributed by atoms with Crippen LogP contribution in [-0.2, 0) is 22.6 Å². The van der Waals surface area contributed by atoms with Gasteiger partial charge in [-0.2, -0.15) is 0 Å². The molecule has 1 unspecified atom stereocenters. The number of benzene rings is 2. The minimum absolute atomic E-state index is 0.0992. The molecule has 0 aromatic heterocycles. The van der Waals surface area contributed by atoms with Gasteiger partial charge in [-0.25, -0.2) is 0 Å². The van der Waals surface area contributed by atoms with Crippen LogP contribution in [0.1, 0.15) is 44.2 Å². The van der Waals surface area contributed by atoms with E-state index >= 15 is 0 Å². The van der Waals surface area contributed by atoms with Gasteiger partial charge in [-0.05, 0) is 55.2 Å². The Morgan fingerprint density at radius 1 is 1.06 bits per heavy atom. The largest absolute Gasteiger partial charge is 0.493 e. The Hall–Kier alpha value is -2.73. The number of ether oxygens (including phenoxy) is 2. The smallest absolute Gasteiger partial charge is 0.242 e. The highest BCUT2D eigenvalue weighted by Gasteiger charge is 2.26. The van der Waals surface area contributed by atoms with Gasteiger partial charge in [0.15, 0.2) is 11.5 Å². The van der Waals surface area contributed by atoms with Gasteiger partial charge in [0, 0.05) is 24.5 Å². The van der Waals surface area contributed by atoms with E-state index < -0.39 is 6.04 Å². The molecule has 0 bridgehead atoms. The van der Waals surface area contributed by atoms with Crippen LogP contribution in [0.2, 0.25) is 5.02 Å². The molecule has 0 fully saturated rings. The van der Waals surface area contributed by atoms with Crippen LogP contribution in [-0.4, -0.2) is 43.5 Å². The van der Waals surface area contributed by atoms with Crippen molar-refractivity contribution in [3.63, 3.8) is 0 Å². The Morgan fingerprint density at radius 2 is 1.81 bits per heavy atom. The predicted octanol–water partition coefficient (Wildman–Crippen LogP) is 4.62. The number of amides is 2. The van der Waals surface area contributed by atoms with Crippen LogP contribution in [0.5, 0.6) is 11.5 Å². The van der Waals surface area contributed by atoms with Gasteiger partial charge in [0.05, 0.1) is 14.2 Å². The zero-order valence-electron chi connectivity index (χ0n) is 19.3. The zero-order valence-corrected chi connectivity index (χ0v) is 20.1. The van der Waals surface area contributed by atoms with Crippen molar-refractivity contribution >= 4 is 23.4 Å². The number of aryl methyl sites for hydroxylation is 1. The first-order valence-electron chi connectivity index (χ1n) is 10.9. The molecule has 7 heteroatoms. The van der Waals surface area contributed by atoms with E-state index in [-0.39, 0.29) is 18.2 Å². The fourth-order valence-corrected chi connectivity index (χ4v) is 3.59. The summed E-state index contributed by atoms with van der Waals surface area (Å²) < 4.78 is 10.6. The average molecular weight is 461 g/mol. The molecule has 2 aromatic carbocycles. The second kappa shape index (κ2) is 13.0. The SMILES string of the molecule is CCCCNC(=O)C(C)N(Cc1cccc(Cl)c1)C(=O)CCc1ccc(OC)c(OC)c1. The molecule has 0 saturated heterocycles. The van der Waals surface area contributed by atoms with E-state index in [1.54, 1.807) is 32.1 Å². The minimum Gasteiger partial charge on any atom is -0.493 e. The number of carbonyl (C=O) groups is 2. The highest BCUT2D eigenvalue weighted by Crippen LogP contribution is 2.28. The lowest BCUT2D eigenvalue weighted by molar-refractivity contribution is -0.140. The van der Waals surface area contributed by atoms with Crippen LogP contribution in [0.3, 0.4) is 0 Å². The van der Waals surface area contributed by atoms with E-state index in [0.29, 0.717) is 36.0 Å². The number of nitrogens with zero attached hydrogens (tertiary/aromatic N) is 1. The number of rotatable bonds is 12. The second-order valence-electron chi connectivity index (χ2n) is 7.66. The lowest BCUT2D eigenvalue weighted by Crippen LogP contribution is -2.47. The van der Waals surface area contributed by atoms with Crippen molar-refractivity contribution in [2.45, 2.75) is 52.1 Å². The van der Waals surface area contributed by atoms with E-state index in [1.807, 2.05) is 36.4 Å². The summed E-state index contributed by atoms with van der Waals surface area (Å²) in [6.07, 6.45) is 2.68. The molecule has 32 heavy (non-hydrogen) atoms. The number of hydrogen-bond acceptors (Lipinski definition) is 4. The van der Waals surface area contributed by atoms with E-state index in [2.05, 4.69) is 12.2 Å². The van der Waals surface area contributed by atoms with Gasteiger partial charge in [-0.3, -0.25) is 9.59 Å². The van der Waals surface area contributed by atoms with Gasteiger partial charge < -0.3 is 19.7 Å². The van der Waals surface area contributed by atoms with Crippen LogP contribution >= 0.6 is 11.6 Å². The summed E-state index contributed by atoms with van der Waals surface area (Å²) in [5, 5.41) is 3.53. The number of nitrogens with one attached hydrogen (secondary N) is 1. The molecular weight excluding hydrogens is 428 g/mol. The molecular formula is C25H33ClN2O4. The van der Waals surface area contributed by atoms with Crippen LogP contribution in [0, 0.1) is 0 Å². The van der Waals surface area contributed by atoms with E-state index in [1.165, 1.54) is 0 Å². The van der Waals surface area contributed by atoms with Crippen LogP contribution in [0.15, 0.2) is 42.5 Å².